The van der Waals surface area contributed by atoms with Gasteiger partial charge in [0, 0.05) is 13.1 Å². The number of alkyl halides is 3. The van der Waals surface area contributed by atoms with E-state index in [1.54, 1.807) is 56.4 Å². The Morgan fingerprint density at radius 3 is 2.29 bits per heavy atom. The summed E-state index contributed by atoms with van der Waals surface area (Å²) >= 11 is 0. The number of carbonyl (C=O) groups is 3. The van der Waals surface area contributed by atoms with Crippen LogP contribution in [0.2, 0.25) is 0 Å². The van der Waals surface area contributed by atoms with Crippen LogP contribution in [0.1, 0.15) is 26.3 Å². The Bertz CT molecular complexity index is 781. The number of nitrogens with one attached hydrogen (secondary N) is 1. The van der Waals surface area contributed by atoms with Crippen molar-refractivity contribution in [1.29, 1.82) is 0 Å². The molecule has 3 amide bonds. The van der Waals surface area contributed by atoms with E-state index in [0.717, 1.165) is 4.90 Å². The summed E-state index contributed by atoms with van der Waals surface area (Å²) in [5.41, 5.74) is -0.0852. The van der Waals surface area contributed by atoms with Gasteiger partial charge in [0.2, 0.25) is 5.91 Å². The first-order valence-electron chi connectivity index (χ1n) is 9.65. The first-order chi connectivity index (χ1) is 14.4. The third-order valence-electron chi connectivity index (χ3n) is 4.24. The van der Waals surface area contributed by atoms with E-state index < -0.39 is 42.5 Å². The van der Waals surface area contributed by atoms with Gasteiger partial charge in [-0.3, -0.25) is 9.69 Å². The number of ether oxygens (including phenoxy) is 2. The van der Waals surface area contributed by atoms with Gasteiger partial charge in [0.1, 0.15) is 24.8 Å². The summed E-state index contributed by atoms with van der Waals surface area (Å²) in [5.74, 6) is -1.04. The molecule has 0 bridgehead atoms. The minimum atomic E-state index is -4.62. The van der Waals surface area contributed by atoms with E-state index in [0.29, 0.717) is 5.56 Å². The largest absolute Gasteiger partial charge is 0.445 e. The molecule has 1 aliphatic heterocycles. The van der Waals surface area contributed by atoms with Crippen LogP contribution in [0.4, 0.5) is 22.8 Å². The van der Waals surface area contributed by atoms with Crippen LogP contribution in [0, 0.1) is 0 Å². The summed E-state index contributed by atoms with van der Waals surface area (Å²) in [5, 5.41) is 1.77. The number of benzene rings is 1. The monoisotopic (exact) mass is 445 g/mol. The van der Waals surface area contributed by atoms with E-state index in [1.807, 2.05) is 0 Å². The lowest BCUT2D eigenvalue weighted by molar-refractivity contribution is -0.142. The van der Waals surface area contributed by atoms with E-state index in [2.05, 4.69) is 0 Å². The predicted molar refractivity (Wildman–Crippen MR) is 104 cm³/mol. The van der Waals surface area contributed by atoms with Gasteiger partial charge >= 0.3 is 18.4 Å². The zero-order chi connectivity index (χ0) is 23.2. The van der Waals surface area contributed by atoms with Crippen molar-refractivity contribution in [3.8, 4) is 0 Å². The Morgan fingerprint density at radius 1 is 1.06 bits per heavy atom. The highest BCUT2D eigenvalue weighted by atomic mass is 19.4. The van der Waals surface area contributed by atoms with Gasteiger partial charge in [0.05, 0.1) is 6.54 Å². The van der Waals surface area contributed by atoms with Gasteiger partial charge < -0.3 is 19.7 Å². The van der Waals surface area contributed by atoms with E-state index in [1.165, 1.54) is 4.90 Å². The van der Waals surface area contributed by atoms with Gasteiger partial charge in [-0.2, -0.15) is 13.2 Å². The predicted octanol–water partition coefficient (Wildman–Crippen LogP) is 2.92. The van der Waals surface area contributed by atoms with Crippen LogP contribution in [-0.2, 0) is 20.9 Å². The van der Waals surface area contributed by atoms with Crippen LogP contribution in [0.25, 0.3) is 0 Å². The third kappa shape index (κ3) is 7.99. The SMILES string of the molecule is CC(C)(C)OC(=O)N1CCN(C(=O)OCc2ccccc2)[C@@H](C(=O)NCC(F)(F)F)C1. The van der Waals surface area contributed by atoms with Crippen molar-refractivity contribution >= 4 is 18.1 Å². The van der Waals surface area contributed by atoms with Crippen LogP contribution in [-0.4, -0.2) is 71.9 Å². The molecule has 172 valence electrons. The quantitative estimate of drug-likeness (QED) is 0.770. The fourth-order valence-electron chi connectivity index (χ4n) is 2.83. The number of hydrogen-bond donors (Lipinski definition) is 1. The molecule has 0 unspecified atom stereocenters. The first kappa shape index (κ1) is 24.3. The number of rotatable bonds is 4. The van der Waals surface area contributed by atoms with E-state index in [4.69, 9.17) is 9.47 Å². The summed E-state index contributed by atoms with van der Waals surface area (Å²) in [6.07, 6.45) is -6.20. The van der Waals surface area contributed by atoms with Crippen molar-refractivity contribution in [1.82, 2.24) is 15.1 Å². The lowest BCUT2D eigenvalue weighted by atomic mass is 10.1. The first-order valence-corrected chi connectivity index (χ1v) is 9.65. The molecular formula is C20H26F3N3O5. The summed E-state index contributed by atoms with van der Waals surface area (Å²) in [4.78, 5) is 39.6. The molecule has 0 radical (unpaired) electrons. The molecule has 1 aliphatic rings. The van der Waals surface area contributed by atoms with Crippen molar-refractivity contribution in [2.45, 2.75) is 45.2 Å². The molecule has 1 aromatic carbocycles. The Morgan fingerprint density at radius 2 is 1.71 bits per heavy atom. The average Bonchev–Trinajstić information content (AvgIpc) is 2.68. The second-order valence-electron chi connectivity index (χ2n) is 8.01. The zero-order valence-electron chi connectivity index (χ0n) is 17.6. The Hall–Kier alpha value is -2.98. The Kier molecular flexibility index (Phi) is 7.75. The molecule has 1 atom stereocenters. The van der Waals surface area contributed by atoms with E-state index in [-0.39, 0.29) is 26.2 Å². The van der Waals surface area contributed by atoms with Crippen molar-refractivity contribution in [2.75, 3.05) is 26.2 Å². The highest BCUT2D eigenvalue weighted by molar-refractivity contribution is 5.87. The number of nitrogens with zero attached hydrogens (tertiary/aromatic N) is 2. The molecule has 11 heteroatoms. The molecule has 0 spiro atoms. The minimum absolute atomic E-state index is 0.0401. The third-order valence-corrected chi connectivity index (χ3v) is 4.24. The average molecular weight is 445 g/mol. The second-order valence-corrected chi connectivity index (χ2v) is 8.01. The summed E-state index contributed by atoms with van der Waals surface area (Å²) < 4.78 is 48.1. The second kappa shape index (κ2) is 9.88. The summed E-state index contributed by atoms with van der Waals surface area (Å²) in [6, 6.07) is 7.43. The molecular weight excluding hydrogens is 419 g/mol. The van der Waals surface area contributed by atoms with Crippen LogP contribution in [0.5, 0.6) is 0 Å². The zero-order valence-corrected chi connectivity index (χ0v) is 17.6. The number of hydrogen-bond acceptors (Lipinski definition) is 5. The highest BCUT2D eigenvalue weighted by Crippen LogP contribution is 2.18. The fraction of sp³-hybridized carbons (Fsp3) is 0.550. The number of halogens is 3. The molecule has 2 rings (SSSR count). The molecule has 0 saturated carbocycles. The molecule has 1 N–H and O–H groups in total. The summed E-state index contributed by atoms with van der Waals surface area (Å²) in [6.45, 7) is 2.99. The fourth-order valence-corrected chi connectivity index (χ4v) is 2.83. The number of piperazine rings is 1. The van der Waals surface area contributed by atoms with Gasteiger partial charge in [-0.1, -0.05) is 30.3 Å². The van der Waals surface area contributed by atoms with Crippen LogP contribution >= 0.6 is 0 Å². The maximum Gasteiger partial charge on any atom is 0.410 e. The minimum Gasteiger partial charge on any atom is -0.445 e. The lowest BCUT2D eigenvalue weighted by Gasteiger charge is -2.40. The number of amides is 3. The molecule has 1 aromatic rings. The molecule has 0 aromatic heterocycles. The van der Waals surface area contributed by atoms with Gasteiger partial charge in [0.15, 0.2) is 0 Å². The van der Waals surface area contributed by atoms with Gasteiger partial charge in [-0.05, 0) is 26.3 Å². The maximum atomic E-state index is 12.6. The Balaban J connectivity index is 2.10. The van der Waals surface area contributed by atoms with Crippen LogP contribution < -0.4 is 5.32 Å². The normalized spacial score (nSPS) is 17.2. The van der Waals surface area contributed by atoms with Crippen LogP contribution in [0.15, 0.2) is 30.3 Å². The maximum absolute atomic E-state index is 12.6. The smallest absolute Gasteiger partial charge is 0.410 e. The van der Waals surface area contributed by atoms with E-state index in [9.17, 15) is 27.6 Å². The van der Waals surface area contributed by atoms with Crippen molar-refractivity contribution in [3.05, 3.63) is 35.9 Å². The van der Waals surface area contributed by atoms with Crippen molar-refractivity contribution < 1.29 is 37.0 Å². The summed E-state index contributed by atoms with van der Waals surface area (Å²) in [7, 11) is 0. The van der Waals surface area contributed by atoms with Gasteiger partial charge in [-0.15, -0.1) is 0 Å². The molecule has 1 saturated heterocycles. The highest BCUT2D eigenvalue weighted by Gasteiger charge is 2.40. The molecule has 1 heterocycles. The van der Waals surface area contributed by atoms with Gasteiger partial charge in [-0.25, -0.2) is 9.59 Å². The van der Waals surface area contributed by atoms with Crippen LogP contribution in [0.3, 0.4) is 0 Å². The Labute approximate surface area is 178 Å². The molecule has 31 heavy (non-hydrogen) atoms. The molecule has 8 nitrogen and oxygen atoms in total. The topological polar surface area (TPSA) is 88.2 Å². The van der Waals surface area contributed by atoms with Crippen molar-refractivity contribution in [3.63, 3.8) is 0 Å². The van der Waals surface area contributed by atoms with E-state index >= 15 is 0 Å². The number of carbonyl (C=O) groups excluding carboxylic acids is 3. The molecule has 1 fully saturated rings. The molecule has 0 aliphatic carbocycles. The lowest BCUT2D eigenvalue weighted by Crippen LogP contribution is -2.62. The standard InChI is InChI=1S/C20H26F3N3O5/c1-19(2,3)31-17(28)25-9-10-26(15(11-25)16(27)24-13-20(21,22)23)18(29)30-12-14-7-5-4-6-8-14/h4-8,15H,9-13H2,1-3H3,(H,24,27)/t15-/m1/s1. The van der Waals surface area contributed by atoms with Crippen molar-refractivity contribution in [2.24, 2.45) is 0 Å². The van der Waals surface area contributed by atoms with Gasteiger partial charge in [0.25, 0.3) is 0 Å².